The molecule has 1 fully saturated rings. The van der Waals surface area contributed by atoms with Crippen LogP contribution < -0.4 is 0 Å². The van der Waals surface area contributed by atoms with Gasteiger partial charge < -0.3 is 14.7 Å². The van der Waals surface area contributed by atoms with E-state index in [0.29, 0.717) is 13.0 Å². The van der Waals surface area contributed by atoms with Gasteiger partial charge in [0.05, 0.1) is 17.9 Å². The Hall–Kier alpha value is -1.77. The van der Waals surface area contributed by atoms with E-state index in [0.717, 1.165) is 0 Å². The largest absolute Gasteiger partial charge is 0.481 e. The summed E-state index contributed by atoms with van der Waals surface area (Å²) in [5.41, 5.74) is -0.609. The molecule has 1 N–H and O–H groups in total. The lowest BCUT2D eigenvalue weighted by atomic mass is 9.87. The molecule has 1 heterocycles. The molecule has 0 saturated carbocycles. The number of carboxylic acid groups (broad SMARTS) is 1. The van der Waals surface area contributed by atoms with Crippen molar-refractivity contribution < 1.29 is 19.4 Å². The minimum Gasteiger partial charge on any atom is -0.481 e. The number of ether oxygens (including phenoxy) is 1. The van der Waals surface area contributed by atoms with Gasteiger partial charge in [0.1, 0.15) is 5.60 Å². The third kappa shape index (κ3) is 3.62. The van der Waals surface area contributed by atoms with Gasteiger partial charge in [0.2, 0.25) is 0 Å². The lowest BCUT2D eigenvalue weighted by Crippen LogP contribution is -2.47. The number of carboxylic acids is 1. The highest BCUT2D eigenvalue weighted by Crippen LogP contribution is 2.24. The molecule has 6 nitrogen and oxygen atoms in total. The quantitative estimate of drug-likeness (QED) is 0.765. The molecular formula is C12H18N2O4. The number of carbonyl (C=O) groups excluding carboxylic acids is 1. The van der Waals surface area contributed by atoms with Gasteiger partial charge >= 0.3 is 12.1 Å². The van der Waals surface area contributed by atoms with Crippen LogP contribution in [0.25, 0.3) is 0 Å². The smallest absolute Gasteiger partial charge is 0.410 e. The average Bonchev–Trinajstić information content (AvgIpc) is 2.25. The highest BCUT2D eigenvalue weighted by Gasteiger charge is 2.37. The normalized spacial score (nSPS) is 24.2. The molecule has 0 bridgehead atoms. The number of hydrogen-bond donors (Lipinski definition) is 1. The summed E-state index contributed by atoms with van der Waals surface area (Å²) in [7, 11) is 0. The molecule has 0 aromatic heterocycles. The standard InChI is InChI=1S/C12H18N2O4/c1-12(2,3)18-11(17)14-5-4-8(6-13)9(7-14)10(15)16/h8-9H,4-5,7H2,1-3H3,(H,15,16)/t8-,9-/m1/s1. The summed E-state index contributed by atoms with van der Waals surface area (Å²) in [6.45, 7) is 5.64. The minimum atomic E-state index is -1.05. The summed E-state index contributed by atoms with van der Waals surface area (Å²) < 4.78 is 5.19. The number of aliphatic carboxylic acids is 1. The molecular weight excluding hydrogens is 236 g/mol. The highest BCUT2D eigenvalue weighted by molar-refractivity contribution is 5.74. The van der Waals surface area contributed by atoms with E-state index in [1.54, 1.807) is 20.8 Å². The fraction of sp³-hybridized carbons (Fsp3) is 0.750. The molecule has 18 heavy (non-hydrogen) atoms. The summed E-state index contributed by atoms with van der Waals surface area (Å²) in [6.07, 6.45) is -0.155. The number of nitrogens with zero attached hydrogens (tertiary/aromatic N) is 2. The molecule has 0 unspecified atom stereocenters. The van der Waals surface area contributed by atoms with Crippen molar-refractivity contribution in [3.8, 4) is 6.07 Å². The summed E-state index contributed by atoms with van der Waals surface area (Å²) in [6, 6.07) is 1.98. The Balaban J connectivity index is 2.69. The van der Waals surface area contributed by atoms with Crippen LogP contribution in [0, 0.1) is 23.2 Å². The van der Waals surface area contributed by atoms with Crippen LogP contribution in [-0.4, -0.2) is 40.8 Å². The molecule has 1 rings (SSSR count). The first-order valence-electron chi connectivity index (χ1n) is 5.85. The molecule has 6 heteroatoms. The minimum absolute atomic E-state index is 0.0302. The van der Waals surface area contributed by atoms with E-state index in [1.807, 2.05) is 6.07 Å². The SMILES string of the molecule is CC(C)(C)OC(=O)N1CC[C@H](C#N)[C@H](C(=O)O)C1. The fourth-order valence-electron chi connectivity index (χ4n) is 1.85. The molecule has 2 atom stereocenters. The number of amides is 1. The van der Waals surface area contributed by atoms with Gasteiger partial charge in [-0.25, -0.2) is 4.79 Å². The first-order chi connectivity index (χ1) is 8.24. The summed E-state index contributed by atoms with van der Waals surface area (Å²) >= 11 is 0. The maximum Gasteiger partial charge on any atom is 0.410 e. The molecule has 0 aromatic rings. The van der Waals surface area contributed by atoms with Crippen LogP contribution in [-0.2, 0) is 9.53 Å². The predicted octanol–water partition coefficient (Wildman–Crippen LogP) is 1.47. The van der Waals surface area contributed by atoms with Crippen molar-refractivity contribution in [1.82, 2.24) is 4.90 Å². The van der Waals surface area contributed by atoms with Crippen molar-refractivity contribution in [2.75, 3.05) is 13.1 Å². The van der Waals surface area contributed by atoms with Gasteiger partial charge in [-0.05, 0) is 27.2 Å². The molecule has 0 aromatic carbocycles. The van der Waals surface area contributed by atoms with Crippen molar-refractivity contribution in [2.45, 2.75) is 32.8 Å². The molecule has 0 aliphatic carbocycles. The van der Waals surface area contributed by atoms with Gasteiger partial charge in [-0.3, -0.25) is 4.79 Å². The van der Waals surface area contributed by atoms with Crippen LogP contribution in [0.3, 0.4) is 0 Å². The second-order valence-corrected chi connectivity index (χ2v) is 5.40. The predicted molar refractivity (Wildman–Crippen MR) is 62.7 cm³/mol. The number of likely N-dealkylation sites (tertiary alicyclic amines) is 1. The van der Waals surface area contributed by atoms with Crippen LogP contribution in [0.1, 0.15) is 27.2 Å². The summed E-state index contributed by atoms with van der Waals surface area (Å²) in [5, 5.41) is 17.9. The third-order valence-corrected chi connectivity index (χ3v) is 2.75. The van der Waals surface area contributed by atoms with Crippen LogP contribution in [0.2, 0.25) is 0 Å². The van der Waals surface area contributed by atoms with E-state index in [1.165, 1.54) is 4.90 Å². The molecule has 0 radical (unpaired) electrons. The first-order valence-corrected chi connectivity index (χ1v) is 5.85. The number of piperidine rings is 1. The van der Waals surface area contributed by atoms with Crippen LogP contribution in [0.4, 0.5) is 4.79 Å². The maximum absolute atomic E-state index is 11.8. The zero-order chi connectivity index (χ0) is 13.9. The molecule has 1 amide bonds. The first kappa shape index (κ1) is 14.3. The lowest BCUT2D eigenvalue weighted by Gasteiger charge is -2.34. The summed E-state index contributed by atoms with van der Waals surface area (Å²) in [5.74, 6) is -2.42. The van der Waals surface area contributed by atoms with E-state index in [4.69, 9.17) is 15.1 Å². The number of carbonyl (C=O) groups is 2. The Morgan fingerprint density at radius 3 is 2.50 bits per heavy atom. The van der Waals surface area contributed by atoms with Crippen molar-refractivity contribution in [3.05, 3.63) is 0 Å². The van der Waals surface area contributed by atoms with Gasteiger partial charge in [0.15, 0.2) is 0 Å². The zero-order valence-electron chi connectivity index (χ0n) is 10.8. The van der Waals surface area contributed by atoms with E-state index in [2.05, 4.69) is 0 Å². The molecule has 1 saturated heterocycles. The fourth-order valence-corrected chi connectivity index (χ4v) is 1.85. The van der Waals surface area contributed by atoms with Crippen molar-refractivity contribution in [2.24, 2.45) is 11.8 Å². The van der Waals surface area contributed by atoms with Crippen LogP contribution in [0.15, 0.2) is 0 Å². The van der Waals surface area contributed by atoms with Crippen molar-refractivity contribution in [1.29, 1.82) is 5.26 Å². The second kappa shape index (κ2) is 5.25. The van der Waals surface area contributed by atoms with Crippen LogP contribution >= 0.6 is 0 Å². The topological polar surface area (TPSA) is 90.6 Å². The Labute approximate surface area is 106 Å². The molecule has 100 valence electrons. The van der Waals surface area contributed by atoms with Gasteiger partial charge in [0, 0.05) is 13.1 Å². The number of hydrogen-bond acceptors (Lipinski definition) is 4. The average molecular weight is 254 g/mol. The van der Waals surface area contributed by atoms with Gasteiger partial charge in [-0.2, -0.15) is 5.26 Å². The second-order valence-electron chi connectivity index (χ2n) is 5.40. The van der Waals surface area contributed by atoms with E-state index >= 15 is 0 Å². The molecule has 1 aliphatic rings. The van der Waals surface area contributed by atoms with Crippen molar-refractivity contribution in [3.63, 3.8) is 0 Å². The Morgan fingerprint density at radius 1 is 1.44 bits per heavy atom. The third-order valence-electron chi connectivity index (χ3n) is 2.75. The Morgan fingerprint density at radius 2 is 2.06 bits per heavy atom. The lowest BCUT2D eigenvalue weighted by molar-refractivity contribution is -0.144. The monoisotopic (exact) mass is 254 g/mol. The molecule has 1 aliphatic heterocycles. The molecule has 0 spiro atoms. The van der Waals surface area contributed by atoms with Crippen LogP contribution in [0.5, 0.6) is 0 Å². The number of rotatable bonds is 1. The van der Waals surface area contributed by atoms with E-state index in [9.17, 15) is 9.59 Å². The maximum atomic E-state index is 11.8. The zero-order valence-corrected chi connectivity index (χ0v) is 10.8. The van der Waals surface area contributed by atoms with Gasteiger partial charge in [-0.1, -0.05) is 0 Å². The van der Waals surface area contributed by atoms with E-state index < -0.39 is 29.5 Å². The van der Waals surface area contributed by atoms with Gasteiger partial charge in [-0.15, -0.1) is 0 Å². The Bertz CT molecular complexity index is 381. The van der Waals surface area contributed by atoms with Crippen molar-refractivity contribution >= 4 is 12.1 Å². The summed E-state index contributed by atoms with van der Waals surface area (Å²) in [4.78, 5) is 24.2. The Kier molecular flexibility index (Phi) is 4.17. The van der Waals surface area contributed by atoms with E-state index in [-0.39, 0.29) is 6.54 Å². The number of nitriles is 1. The highest BCUT2D eigenvalue weighted by atomic mass is 16.6. The van der Waals surface area contributed by atoms with Gasteiger partial charge in [0.25, 0.3) is 0 Å².